The molecule has 41 heavy (non-hydrogen) atoms. The second-order valence-electron chi connectivity index (χ2n) is 8.69. The molecule has 0 aromatic carbocycles. The van der Waals surface area contributed by atoms with Crippen molar-refractivity contribution in [1.82, 2.24) is 30.3 Å². The highest BCUT2D eigenvalue weighted by molar-refractivity contribution is 7.15. The minimum absolute atomic E-state index is 0.0315. The fourth-order valence-corrected chi connectivity index (χ4v) is 4.19. The summed E-state index contributed by atoms with van der Waals surface area (Å²) in [6, 6.07) is 1.55. The van der Waals surface area contributed by atoms with Crippen molar-refractivity contribution in [1.29, 1.82) is 0 Å². The number of aliphatic hydroxyl groups is 3. The number of carbonyl (C=O) groups excluding carboxylic acids is 1. The SMILES string of the molecule is CC.Cn1ccc(-c2cc(C3=CC(C(F)F)NC=C3OC(O)(O)O)c(C(=O)Nc3nnc(C#CC4CC4)s3)cn2)n1. The van der Waals surface area contributed by atoms with Gasteiger partial charge < -0.3 is 25.4 Å². The number of pyridine rings is 1. The standard InChI is InChI=1S/C24H21F2N7O5S.C2H6/c1-33-7-6-16(32-33)17-8-13(14-9-18(21(25)26)28-11-19(14)38-24(35,36)37)15(10-27-17)22(34)29-23-31-30-20(39-23)5-4-12-2-3-12;1-2/h6-12,18,21,28,35-37H,2-3H2,1H3,(H,29,31,34);1-2H3. The molecule has 216 valence electrons. The Kier molecular flexibility index (Phi) is 9.08. The highest BCUT2D eigenvalue weighted by Crippen LogP contribution is 2.34. The van der Waals surface area contributed by atoms with Crippen molar-refractivity contribution in [2.24, 2.45) is 13.0 Å². The third kappa shape index (κ3) is 7.70. The van der Waals surface area contributed by atoms with Gasteiger partial charge in [0.05, 0.1) is 11.3 Å². The molecule has 0 bridgehead atoms. The van der Waals surface area contributed by atoms with Crippen LogP contribution in [0.3, 0.4) is 0 Å². The number of amides is 1. The Morgan fingerprint density at radius 1 is 1.27 bits per heavy atom. The summed E-state index contributed by atoms with van der Waals surface area (Å²) in [7, 11) is 1.69. The van der Waals surface area contributed by atoms with E-state index in [-0.39, 0.29) is 27.5 Å². The van der Waals surface area contributed by atoms with Crippen LogP contribution in [-0.2, 0) is 11.8 Å². The number of aryl methyl sites for hydroxylation is 1. The van der Waals surface area contributed by atoms with Crippen LogP contribution >= 0.6 is 11.3 Å². The molecular weight excluding hydrogens is 560 g/mol. The average Bonchev–Trinajstić information content (AvgIpc) is 3.50. The number of ether oxygens (including phenoxy) is 1. The van der Waals surface area contributed by atoms with Crippen molar-refractivity contribution in [2.45, 2.75) is 45.3 Å². The summed E-state index contributed by atoms with van der Waals surface area (Å²) in [4.78, 5) is 17.7. The van der Waals surface area contributed by atoms with Crippen LogP contribution in [0.5, 0.6) is 0 Å². The lowest BCUT2D eigenvalue weighted by atomic mass is 9.94. The maximum Gasteiger partial charge on any atom is 0.453 e. The summed E-state index contributed by atoms with van der Waals surface area (Å²) in [5.41, 5.74) is 0.500. The summed E-state index contributed by atoms with van der Waals surface area (Å²) in [6.07, 6.45) is 0.436. The highest BCUT2D eigenvalue weighted by Gasteiger charge is 2.32. The molecule has 1 amide bonds. The molecular formula is C26H27F2N7O5S. The first kappa shape index (κ1) is 29.7. The van der Waals surface area contributed by atoms with E-state index >= 15 is 0 Å². The Morgan fingerprint density at radius 2 is 2.02 bits per heavy atom. The lowest BCUT2D eigenvalue weighted by Crippen LogP contribution is -2.36. The zero-order valence-corrected chi connectivity index (χ0v) is 23.0. The number of nitrogens with zero attached hydrogens (tertiary/aromatic N) is 5. The number of alkyl halides is 2. The Bertz CT molecular complexity index is 1530. The smallest absolute Gasteiger partial charge is 0.415 e. The zero-order valence-electron chi connectivity index (χ0n) is 22.2. The molecule has 5 rings (SSSR count). The summed E-state index contributed by atoms with van der Waals surface area (Å²) >= 11 is 1.06. The Morgan fingerprint density at radius 3 is 2.66 bits per heavy atom. The molecule has 4 heterocycles. The Balaban J connectivity index is 0.00000189. The number of allylic oxidation sites excluding steroid dienone is 1. The molecule has 3 aromatic rings. The number of aromatic nitrogens is 5. The number of halogens is 2. The number of hydrogen-bond donors (Lipinski definition) is 5. The van der Waals surface area contributed by atoms with Crippen molar-refractivity contribution in [2.75, 3.05) is 5.32 Å². The van der Waals surface area contributed by atoms with E-state index in [9.17, 15) is 28.9 Å². The van der Waals surface area contributed by atoms with Crippen LogP contribution in [0, 0.1) is 17.8 Å². The number of hydrogen-bond acceptors (Lipinski definition) is 11. The van der Waals surface area contributed by atoms with E-state index in [1.807, 2.05) is 13.8 Å². The van der Waals surface area contributed by atoms with Crippen molar-refractivity contribution in [3.63, 3.8) is 0 Å². The van der Waals surface area contributed by atoms with Gasteiger partial charge in [-0.1, -0.05) is 31.1 Å². The molecule has 0 saturated heterocycles. The molecule has 1 fully saturated rings. The summed E-state index contributed by atoms with van der Waals surface area (Å²) < 4.78 is 33.6. The van der Waals surface area contributed by atoms with Gasteiger partial charge in [0.1, 0.15) is 11.7 Å². The monoisotopic (exact) mass is 587 g/mol. The van der Waals surface area contributed by atoms with E-state index < -0.39 is 30.3 Å². The molecule has 2 aliphatic rings. The molecule has 0 spiro atoms. The van der Waals surface area contributed by atoms with Gasteiger partial charge in [0, 0.05) is 42.7 Å². The fraction of sp³-hybridized carbons (Fsp3) is 0.346. The minimum Gasteiger partial charge on any atom is -0.415 e. The van der Waals surface area contributed by atoms with Gasteiger partial charge in [-0.15, -0.1) is 10.2 Å². The number of carbonyl (C=O) groups is 1. The number of dihydropyridines is 1. The maximum atomic E-state index is 13.6. The summed E-state index contributed by atoms with van der Waals surface area (Å²) in [5.74, 6) is 5.18. The van der Waals surface area contributed by atoms with E-state index in [2.05, 4.69) is 42.8 Å². The predicted octanol–water partition coefficient (Wildman–Crippen LogP) is 2.44. The van der Waals surface area contributed by atoms with Gasteiger partial charge in [-0.05, 0) is 37.0 Å². The van der Waals surface area contributed by atoms with Gasteiger partial charge in [-0.2, -0.15) is 5.10 Å². The highest BCUT2D eigenvalue weighted by atomic mass is 32.1. The molecule has 1 saturated carbocycles. The van der Waals surface area contributed by atoms with E-state index in [4.69, 9.17) is 4.74 Å². The van der Waals surface area contributed by atoms with Gasteiger partial charge in [-0.25, -0.2) is 8.78 Å². The normalized spacial score (nSPS) is 16.4. The van der Waals surface area contributed by atoms with E-state index in [0.29, 0.717) is 16.6 Å². The van der Waals surface area contributed by atoms with Crippen molar-refractivity contribution in [3.05, 3.63) is 58.7 Å². The van der Waals surface area contributed by atoms with Crippen LogP contribution in [0.1, 0.15) is 47.6 Å². The van der Waals surface area contributed by atoms with Crippen molar-refractivity contribution >= 4 is 27.9 Å². The van der Waals surface area contributed by atoms with Crippen LogP contribution in [0.2, 0.25) is 0 Å². The number of anilines is 1. The van der Waals surface area contributed by atoms with Gasteiger partial charge in [0.25, 0.3) is 12.3 Å². The quantitative estimate of drug-likeness (QED) is 0.205. The molecule has 1 aliphatic carbocycles. The van der Waals surface area contributed by atoms with Gasteiger partial charge in [-0.3, -0.25) is 19.8 Å². The molecule has 1 unspecified atom stereocenters. The molecule has 15 heteroatoms. The molecule has 3 aromatic heterocycles. The van der Waals surface area contributed by atoms with E-state index in [1.165, 1.54) is 16.9 Å². The summed E-state index contributed by atoms with van der Waals surface area (Å²) in [6.45, 7) is 4.00. The molecule has 1 atom stereocenters. The van der Waals surface area contributed by atoms with Gasteiger partial charge >= 0.3 is 6.16 Å². The fourth-order valence-electron chi connectivity index (χ4n) is 3.59. The first-order chi connectivity index (χ1) is 19.6. The van der Waals surface area contributed by atoms with Gasteiger partial charge in [0.15, 0.2) is 10.8 Å². The lowest BCUT2D eigenvalue weighted by molar-refractivity contribution is -0.440. The molecule has 12 nitrogen and oxygen atoms in total. The largest absolute Gasteiger partial charge is 0.453 e. The predicted molar refractivity (Wildman–Crippen MR) is 145 cm³/mol. The van der Waals surface area contributed by atoms with Crippen LogP contribution in [0.4, 0.5) is 13.9 Å². The van der Waals surface area contributed by atoms with Crippen LogP contribution in [-0.4, -0.2) is 64.8 Å². The second-order valence-corrected chi connectivity index (χ2v) is 9.67. The second kappa shape index (κ2) is 12.5. The topological polar surface area (TPSA) is 168 Å². The first-order valence-electron chi connectivity index (χ1n) is 12.6. The molecule has 1 aliphatic heterocycles. The summed E-state index contributed by atoms with van der Waals surface area (Å²) in [5, 5.41) is 45.9. The van der Waals surface area contributed by atoms with Crippen LogP contribution < -0.4 is 10.6 Å². The van der Waals surface area contributed by atoms with E-state index in [0.717, 1.165) is 36.5 Å². The van der Waals surface area contributed by atoms with Crippen molar-refractivity contribution < 1.29 is 33.6 Å². The Labute approximate surface area is 237 Å². The average molecular weight is 588 g/mol. The third-order valence-electron chi connectivity index (χ3n) is 5.56. The molecule has 5 N–H and O–H groups in total. The molecule has 0 radical (unpaired) electrons. The third-order valence-corrected chi connectivity index (χ3v) is 6.31. The number of nitrogens with one attached hydrogen (secondary N) is 2. The van der Waals surface area contributed by atoms with Crippen LogP contribution in [0.25, 0.3) is 17.0 Å². The minimum atomic E-state index is -3.63. The maximum absolute atomic E-state index is 13.6. The van der Waals surface area contributed by atoms with Crippen molar-refractivity contribution in [3.8, 4) is 23.2 Å². The Hall–Kier alpha value is -4.23. The lowest BCUT2D eigenvalue weighted by Gasteiger charge is -2.27. The first-order valence-corrected chi connectivity index (χ1v) is 13.4. The van der Waals surface area contributed by atoms with Crippen LogP contribution in [0.15, 0.2) is 42.6 Å². The zero-order chi connectivity index (χ0) is 29.7. The van der Waals surface area contributed by atoms with Gasteiger partial charge in [0.2, 0.25) is 5.13 Å². The number of rotatable bonds is 7. The van der Waals surface area contributed by atoms with E-state index in [1.54, 1.807) is 19.3 Å².